The first-order valence-electron chi connectivity index (χ1n) is 7.07. The van der Waals surface area contributed by atoms with Gasteiger partial charge in [0.15, 0.2) is 0 Å². The van der Waals surface area contributed by atoms with Gasteiger partial charge in [0.25, 0.3) is 0 Å². The van der Waals surface area contributed by atoms with Crippen LogP contribution in [0.3, 0.4) is 0 Å². The topological polar surface area (TPSA) is 80.6 Å². The molecule has 2 N–H and O–H groups in total. The van der Waals surface area contributed by atoms with E-state index >= 15 is 0 Å². The Labute approximate surface area is 134 Å². The first kappa shape index (κ1) is 17.5. The molecule has 0 fully saturated rings. The van der Waals surface area contributed by atoms with E-state index in [9.17, 15) is 12.8 Å². The summed E-state index contributed by atoms with van der Waals surface area (Å²) < 4.78 is 50.4. The fraction of sp³-hybridized carbons (Fsp3) is 0.333. The van der Waals surface area contributed by atoms with Gasteiger partial charge < -0.3 is 14.5 Å². The summed E-state index contributed by atoms with van der Waals surface area (Å²) in [6.07, 6.45) is 2.16. The molecule has 0 saturated heterocycles. The molecule has 0 amide bonds. The zero-order chi connectivity index (χ0) is 16.7. The second-order valence-electron chi connectivity index (χ2n) is 4.79. The lowest BCUT2D eigenvalue weighted by atomic mass is 10.3. The highest BCUT2D eigenvalue weighted by molar-refractivity contribution is 7.89. The number of halogens is 1. The van der Waals surface area contributed by atoms with Crippen LogP contribution in [0.5, 0.6) is 0 Å². The average molecular weight is 342 g/mol. The van der Waals surface area contributed by atoms with Gasteiger partial charge in [-0.05, 0) is 30.3 Å². The van der Waals surface area contributed by atoms with E-state index in [0.717, 1.165) is 11.8 Å². The SMILES string of the molecule is COCCNS(=O)(=O)c1cc(F)ccc1NCCc1ccco1. The molecular formula is C15H19FN2O4S. The molecule has 0 spiro atoms. The summed E-state index contributed by atoms with van der Waals surface area (Å²) in [7, 11) is -2.36. The van der Waals surface area contributed by atoms with Crippen molar-refractivity contribution in [2.75, 3.05) is 32.1 Å². The zero-order valence-corrected chi connectivity index (χ0v) is 13.5. The van der Waals surface area contributed by atoms with E-state index in [1.165, 1.54) is 19.2 Å². The summed E-state index contributed by atoms with van der Waals surface area (Å²) in [6.45, 7) is 0.802. The van der Waals surface area contributed by atoms with Crippen molar-refractivity contribution in [2.24, 2.45) is 0 Å². The molecule has 0 aliphatic rings. The molecule has 126 valence electrons. The Morgan fingerprint density at radius 1 is 1.26 bits per heavy atom. The quantitative estimate of drug-likeness (QED) is 0.681. The van der Waals surface area contributed by atoms with Gasteiger partial charge in [0.05, 0.1) is 18.6 Å². The molecule has 2 rings (SSSR count). The molecule has 0 aliphatic carbocycles. The molecule has 0 radical (unpaired) electrons. The molecule has 0 aliphatic heterocycles. The molecule has 0 bridgehead atoms. The fourth-order valence-electron chi connectivity index (χ4n) is 2.00. The van der Waals surface area contributed by atoms with Crippen LogP contribution < -0.4 is 10.0 Å². The number of hydrogen-bond donors (Lipinski definition) is 2. The predicted octanol–water partition coefficient (Wildman–Crippen LogP) is 2.00. The summed E-state index contributed by atoms with van der Waals surface area (Å²) in [5, 5.41) is 3.00. The molecule has 1 heterocycles. The monoisotopic (exact) mass is 342 g/mol. The number of hydrogen-bond acceptors (Lipinski definition) is 5. The first-order chi connectivity index (χ1) is 11.0. The van der Waals surface area contributed by atoms with Gasteiger partial charge in [0, 0.05) is 26.6 Å². The second-order valence-corrected chi connectivity index (χ2v) is 6.52. The van der Waals surface area contributed by atoms with E-state index in [0.29, 0.717) is 18.7 Å². The van der Waals surface area contributed by atoms with Crippen LogP contribution in [0.15, 0.2) is 45.9 Å². The van der Waals surface area contributed by atoms with Gasteiger partial charge in [-0.25, -0.2) is 17.5 Å². The van der Waals surface area contributed by atoms with Gasteiger partial charge in [0.1, 0.15) is 16.5 Å². The summed E-state index contributed by atoms with van der Waals surface area (Å²) in [5.74, 6) is 0.163. The highest BCUT2D eigenvalue weighted by Gasteiger charge is 2.19. The number of benzene rings is 1. The molecule has 0 atom stereocenters. The third kappa shape index (κ3) is 5.05. The van der Waals surface area contributed by atoms with Gasteiger partial charge in [-0.3, -0.25) is 0 Å². The predicted molar refractivity (Wildman–Crippen MR) is 84.4 cm³/mol. The van der Waals surface area contributed by atoms with Crippen molar-refractivity contribution in [1.29, 1.82) is 0 Å². The van der Waals surface area contributed by atoms with Crippen LogP contribution >= 0.6 is 0 Å². The summed E-state index contributed by atoms with van der Waals surface area (Å²) in [6, 6.07) is 7.22. The molecule has 1 aromatic heterocycles. The molecule has 1 aromatic carbocycles. The number of furan rings is 1. The zero-order valence-electron chi connectivity index (χ0n) is 12.7. The first-order valence-corrected chi connectivity index (χ1v) is 8.55. The van der Waals surface area contributed by atoms with E-state index < -0.39 is 15.8 Å². The minimum atomic E-state index is -3.83. The molecule has 0 unspecified atom stereocenters. The maximum atomic E-state index is 13.5. The Kier molecular flexibility index (Phi) is 6.14. The third-order valence-corrected chi connectivity index (χ3v) is 4.60. The molecule has 8 heteroatoms. The van der Waals surface area contributed by atoms with Gasteiger partial charge in [-0.2, -0.15) is 0 Å². The Morgan fingerprint density at radius 3 is 2.78 bits per heavy atom. The third-order valence-electron chi connectivity index (χ3n) is 3.10. The van der Waals surface area contributed by atoms with Gasteiger partial charge in [-0.1, -0.05) is 0 Å². The lowest BCUT2D eigenvalue weighted by Crippen LogP contribution is -2.28. The van der Waals surface area contributed by atoms with Crippen molar-refractivity contribution in [2.45, 2.75) is 11.3 Å². The van der Waals surface area contributed by atoms with Crippen LogP contribution in [0, 0.1) is 5.82 Å². The minimum absolute atomic E-state index is 0.112. The number of anilines is 1. The molecular weight excluding hydrogens is 323 g/mol. The van der Waals surface area contributed by atoms with E-state index in [1.54, 1.807) is 12.3 Å². The number of nitrogens with one attached hydrogen (secondary N) is 2. The highest BCUT2D eigenvalue weighted by Crippen LogP contribution is 2.22. The van der Waals surface area contributed by atoms with E-state index in [2.05, 4.69) is 10.0 Å². The largest absolute Gasteiger partial charge is 0.469 e. The van der Waals surface area contributed by atoms with Crippen molar-refractivity contribution in [3.8, 4) is 0 Å². The van der Waals surface area contributed by atoms with Crippen molar-refractivity contribution in [3.05, 3.63) is 48.2 Å². The summed E-state index contributed by atoms with van der Waals surface area (Å²) >= 11 is 0. The molecule has 6 nitrogen and oxygen atoms in total. The van der Waals surface area contributed by atoms with Crippen LogP contribution in [0.4, 0.5) is 10.1 Å². The smallest absolute Gasteiger partial charge is 0.242 e. The van der Waals surface area contributed by atoms with E-state index in [1.807, 2.05) is 6.07 Å². The van der Waals surface area contributed by atoms with Crippen LogP contribution in [-0.2, 0) is 21.2 Å². The van der Waals surface area contributed by atoms with Crippen molar-refractivity contribution in [1.82, 2.24) is 4.72 Å². The van der Waals surface area contributed by atoms with Crippen molar-refractivity contribution >= 4 is 15.7 Å². The van der Waals surface area contributed by atoms with E-state index in [-0.39, 0.29) is 18.0 Å². The lowest BCUT2D eigenvalue weighted by Gasteiger charge is -2.13. The lowest BCUT2D eigenvalue weighted by molar-refractivity contribution is 0.204. The van der Waals surface area contributed by atoms with Crippen LogP contribution in [0.1, 0.15) is 5.76 Å². The number of rotatable bonds is 9. The fourth-order valence-corrected chi connectivity index (χ4v) is 3.20. The number of ether oxygens (including phenoxy) is 1. The Balaban J connectivity index is 2.09. The second kappa shape index (κ2) is 8.09. The summed E-state index contributed by atoms with van der Waals surface area (Å²) in [5.41, 5.74) is 0.336. The molecule has 0 saturated carbocycles. The van der Waals surface area contributed by atoms with Gasteiger partial charge in [-0.15, -0.1) is 0 Å². The van der Waals surface area contributed by atoms with Gasteiger partial charge >= 0.3 is 0 Å². The van der Waals surface area contributed by atoms with Crippen LogP contribution in [-0.4, -0.2) is 35.2 Å². The van der Waals surface area contributed by atoms with Crippen LogP contribution in [0.25, 0.3) is 0 Å². The van der Waals surface area contributed by atoms with Gasteiger partial charge in [0.2, 0.25) is 10.0 Å². The minimum Gasteiger partial charge on any atom is -0.469 e. The highest BCUT2D eigenvalue weighted by atomic mass is 32.2. The normalized spacial score (nSPS) is 11.6. The summed E-state index contributed by atoms with van der Waals surface area (Å²) in [4.78, 5) is -0.131. The van der Waals surface area contributed by atoms with Crippen LogP contribution in [0.2, 0.25) is 0 Å². The maximum Gasteiger partial charge on any atom is 0.242 e. The number of sulfonamides is 1. The maximum absolute atomic E-state index is 13.5. The Bertz CT molecular complexity index is 717. The number of methoxy groups -OCH3 is 1. The Morgan fingerprint density at radius 2 is 2.09 bits per heavy atom. The molecule has 23 heavy (non-hydrogen) atoms. The standard InChI is InChI=1S/C15H19FN2O4S/c1-21-10-8-18-23(19,20)15-11-12(16)4-5-14(15)17-7-6-13-3-2-9-22-13/h2-5,9,11,17-18H,6-8,10H2,1H3. The average Bonchev–Trinajstić information content (AvgIpc) is 3.02. The Hall–Kier alpha value is -1.90. The van der Waals surface area contributed by atoms with Crippen molar-refractivity contribution in [3.63, 3.8) is 0 Å². The molecule has 2 aromatic rings. The van der Waals surface area contributed by atoms with E-state index in [4.69, 9.17) is 9.15 Å². The van der Waals surface area contributed by atoms with Crippen molar-refractivity contribution < 1.29 is 22.0 Å².